The Balaban J connectivity index is 1.99. The molecule has 1 heterocycles. The second-order valence-electron chi connectivity index (χ2n) is 3.54. The summed E-state index contributed by atoms with van der Waals surface area (Å²) in [5.41, 5.74) is 0. The van der Waals surface area contributed by atoms with Crippen molar-refractivity contribution in [2.45, 2.75) is 12.5 Å². The number of carbonyl (C=O) groups is 1. The predicted molar refractivity (Wildman–Crippen MR) is 72.9 cm³/mol. The van der Waals surface area contributed by atoms with E-state index < -0.39 is 0 Å². The lowest BCUT2D eigenvalue weighted by atomic mass is 10.2. The van der Waals surface area contributed by atoms with Crippen LogP contribution in [0.15, 0.2) is 0 Å². The fourth-order valence-corrected chi connectivity index (χ4v) is 2.90. The van der Waals surface area contributed by atoms with E-state index >= 15 is 0 Å². The van der Waals surface area contributed by atoms with E-state index in [-0.39, 0.29) is 5.91 Å². The van der Waals surface area contributed by atoms with Crippen LogP contribution in [-0.2, 0) is 4.79 Å². The van der Waals surface area contributed by atoms with Crippen LogP contribution < -0.4 is 10.6 Å². The third-order valence-corrected chi connectivity index (χ3v) is 4.18. The zero-order valence-electron chi connectivity index (χ0n) is 9.33. The maximum atomic E-state index is 11.5. The van der Waals surface area contributed by atoms with Crippen molar-refractivity contribution < 1.29 is 4.79 Å². The summed E-state index contributed by atoms with van der Waals surface area (Å²) in [6.45, 7) is 1.73. The van der Waals surface area contributed by atoms with Gasteiger partial charge in [-0.3, -0.25) is 4.79 Å². The van der Waals surface area contributed by atoms with Gasteiger partial charge in [0.05, 0.1) is 5.75 Å². The van der Waals surface area contributed by atoms with Crippen LogP contribution in [0.5, 0.6) is 0 Å². The summed E-state index contributed by atoms with van der Waals surface area (Å²) in [4.78, 5) is 11.5. The molecule has 0 aliphatic carbocycles. The summed E-state index contributed by atoms with van der Waals surface area (Å²) in [5.74, 6) is 6.50. The van der Waals surface area contributed by atoms with Crippen LogP contribution in [-0.4, -0.2) is 48.0 Å². The van der Waals surface area contributed by atoms with Gasteiger partial charge in [-0.1, -0.05) is 5.92 Å². The molecule has 0 saturated carbocycles. The average Bonchev–Trinajstić information content (AvgIpc) is 2.30. The Morgan fingerprint density at radius 1 is 1.69 bits per heavy atom. The Bertz CT molecular complexity index is 247. The molecule has 16 heavy (non-hydrogen) atoms. The predicted octanol–water partition coefficient (Wildman–Crippen LogP) is 0.564. The molecule has 0 spiro atoms. The summed E-state index contributed by atoms with van der Waals surface area (Å²) in [6, 6.07) is 0.345. The van der Waals surface area contributed by atoms with Gasteiger partial charge in [-0.15, -0.1) is 18.2 Å². The largest absolute Gasteiger partial charge is 0.355 e. The molecule has 1 fully saturated rings. The minimum atomic E-state index is 0.140. The van der Waals surface area contributed by atoms with Crippen LogP contribution >= 0.6 is 23.5 Å². The van der Waals surface area contributed by atoms with Crippen molar-refractivity contribution in [3.05, 3.63) is 0 Å². The third-order valence-electron chi connectivity index (χ3n) is 2.18. The molecule has 2 N–H and O–H groups in total. The van der Waals surface area contributed by atoms with Crippen molar-refractivity contribution in [1.82, 2.24) is 10.6 Å². The molecule has 0 radical (unpaired) electrons. The van der Waals surface area contributed by atoms with Gasteiger partial charge in [-0.05, 0) is 0 Å². The van der Waals surface area contributed by atoms with Gasteiger partial charge in [0, 0.05) is 42.8 Å². The fraction of sp³-hybridized carbons (Fsp3) is 0.727. The molecule has 0 aromatic heterocycles. The Morgan fingerprint density at radius 3 is 3.25 bits per heavy atom. The molecule has 1 rings (SSSR count). The first kappa shape index (κ1) is 13.8. The molecule has 1 aliphatic heterocycles. The van der Waals surface area contributed by atoms with Gasteiger partial charge in [0.15, 0.2) is 0 Å². The smallest absolute Gasteiger partial charge is 0.221 e. The second kappa shape index (κ2) is 8.80. The standard InChI is InChI=1S/C11H18N2OS2/c1-2-5-15-6-4-13-11(14)8-10-9-16-7-3-12-10/h1,10,12H,3-9H2,(H,13,14). The molecular formula is C11H18N2OS2. The first-order valence-corrected chi connectivity index (χ1v) is 7.73. The highest BCUT2D eigenvalue weighted by Gasteiger charge is 2.15. The van der Waals surface area contributed by atoms with Crippen molar-refractivity contribution in [2.24, 2.45) is 0 Å². The van der Waals surface area contributed by atoms with Crippen molar-refractivity contribution >= 4 is 29.4 Å². The van der Waals surface area contributed by atoms with Gasteiger partial charge in [0.1, 0.15) is 0 Å². The summed E-state index contributed by atoms with van der Waals surface area (Å²) < 4.78 is 0. The fourth-order valence-electron chi connectivity index (χ4n) is 1.44. The minimum absolute atomic E-state index is 0.140. The van der Waals surface area contributed by atoms with Gasteiger partial charge >= 0.3 is 0 Å². The average molecular weight is 258 g/mol. The Labute approximate surface area is 106 Å². The Morgan fingerprint density at radius 2 is 2.56 bits per heavy atom. The molecule has 1 saturated heterocycles. The maximum absolute atomic E-state index is 11.5. The topological polar surface area (TPSA) is 41.1 Å². The molecule has 0 aromatic rings. The quantitative estimate of drug-likeness (QED) is 0.540. The van der Waals surface area contributed by atoms with Crippen LogP contribution in [0.1, 0.15) is 6.42 Å². The first-order chi connectivity index (χ1) is 7.83. The van der Waals surface area contributed by atoms with Crippen LogP contribution in [0, 0.1) is 12.3 Å². The lowest BCUT2D eigenvalue weighted by Crippen LogP contribution is -2.41. The van der Waals surface area contributed by atoms with Gasteiger partial charge in [-0.25, -0.2) is 0 Å². The van der Waals surface area contributed by atoms with Crippen molar-refractivity contribution in [3.8, 4) is 12.3 Å². The molecule has 1 amide bonds. The number of terminal acetylenes is 1. The zero-order valence-corrected chi connectivity index (χ0v) is 11.0. The van der Waals surface area contributed by atoms with Crippen LogP contribution in [0.2, 0.25) is 0 Å². The van der Waals surface area contributed by atoms with E-state index in [1.807, 2.05) is 11.8 Å². The molecule has 1 aliphatic rings. The second-order valence-corrected chi connectivity index (χ2v) is 5.79. The van der Waals surface area contributed by atoms with Crippen LogP contribution in [0.4, 0.5) is 0 Å². The van der Waals surface area contributed by atoms with E-state index in [1.165, 1.54) is 0 Å². The summed E-state index contributed by atoms with van der Waals surface area (Å²) >= 11 is 3.58. The highest BCUT2D eigenvalue weighted by molar-refractivity contribution is 7.99. The van der Waals surface area contributed by atoms with Crippen molar-refractivity contribution in [3.63, 3.8) is 0 Å². The summed E-state index contributed by atoms with van der Waals surface area (Å²) in [6.07, 6.45) is 5.72. The summed E-state index contributed by atoms with van der Waals surface area (Å²) in [7, 11) is 0. The molecular weight excluding hydrogens is 240 g/mol. The number of hydrogen-bond acceptors (Lipinski definition) is 4. The first-order valence-electron chi connectivity index (χ1n) is 5.42. The highest BCUT2D eigenvalue weighted by Crippen LogP contribution is 2.09. The van der Waals surface area contributed by atoms with Crippen molar-refractivity contribution in [2.75, 3.05) is 36.1 Å². The number of thioether (sulfide) groups is 2. The number of hydrogen-bond donors (Lipinski definition) is 2. The molecule has 1 unspecified atom stereocenters. The Hall–Kier alpha value is -0.310. The highest BCUT2D eigenvalue weighted by atomic mass is 32.2. The Kier molecular flexibility index (Phi) is 7.56. The van der Waals surface area contributed by atoms with Crippen LogP contribution in [0.25, 0.3) is 0 Å². The maximum Gasteiger partial charge on any atom is 0.221 e. The molecule has 0 bridgehead atoms. The molecule has 0 aromatic carbocycles. The van der Waals surface area contributed by atoms with Gasteiger partial charge in [-0.2, -0.15) is 11.8 Å². The van der Waals surface area contributed by atoms with Gasteiger partial charge in [0.2, 0.25) is 5.91 Å². The molecule has 5 heteroatoms. The zero-order chi connectivity index (χ0) is 11.6. The minimum Gasteiger partial charge on any atom is -0.355 e. The monoisotopic (exact) mass is 258 g/mol. The molecule has 3 nitrogen and oxygen atoms in total. The molecule has 90 valence electrons. The number of rotatable bonds is 6. The molecule has 1 atom stereocenters. The van der Waals surface area contributed by atoms with Crippen molar-refractivity contribution in [1.29, 1.82) is 0 Å². The summed E-state index contributed by atoms with van der Waals surface area (Å²) in [5, 5.41) is 6.26. The van der Waals surface area contributed by atoms with E-state index in [0.29, 0.717) is 19.0 Å². The van der Waals surface area contributed by atoms with Gasteiger partial charge in [0.25, 0.3) is 0 Å². The number of nitrogens with one attached hydrogen (secondary N) is 2. The van der Waals surface area contributed by atoms with E-state index in [0.717, 1.165) is 29.6 Å². The van der Waals surface area contributed by atoms with E-state index in [1.54, 1.807) is 11.8 Å². The lowest BCUT2D eigenvalue weighted by molar-refractivity contribution is -0.121. The lowest BCUT2D eigenvalue weighted by Gasteiger charge is -2.22. The van der Waals surface area contributed by atoms with Gasteiger partial charge < -0.3 is 10.6 Å². The van der Waals surface area contributed by atoms with E-state index in [9.17, 15) is 4.79 Å². The van der Waals surface area contributed by atoms with E-state index in [2.05, 4.69) is 16.6 Å². The third kappa shape index (κ3) is 6.31. The van der Waals surface area contributed by atoms with E-state index in [4.69, 9.17) is 6.42 Å². The van der Waals surface area contributed by atoms with Crippen LogP contribution in [0.3, 0.4) is 0 Å². The SMILES string of the molecule is C#CCSCCNC(=O)CC1CSCCN1. The number of amides is 1. The normalized spacial score (nSPS) is 20.1. The number of carbonyl (C=O) groups excluding carboxylic acids is 1.